The Hall–Kier alpha value is -2.34. The second kappa shape index (κ2) is 7.70. The van der Waals surface area contributed by atoms with Crippen LogP contribution in [-0.4, -0.2) is 18.9 Å². The van der Waals surface area contributed by atoms with Crippen LogP contribution in [0.5, 0.6) is 5.75 Å². The molecule has 0 aliphatic carbocycles. The maximum Gasteiger partial charge on any atom is 0.259 e. The quantitative estimate of drug-likeness (QED) is 0.775. The van der Waals surface area contributed by atoms with Gasteiger partial charge < -0.3 is 15.4 Å². The molecule has 2 N–H and O–H groups in total. The summed E-state index contributed by atoms with van der Waals surface area (Å²) in [7, 11) is 1.52. The summed E-state index contributed by atoms with van der Waals surface area (Å²) in [5.74, 6) is 0.0972. The van der Waals surface area contributed by atoms with E-state index in [4.69, 9.17) is 4.74 Å². The summed E-state index contributed by atoms with van der Waals surface area (Å²) in [5.41, 5.74) is 1.13. The van der Waals surface area contributed by atoms with Gasteiger partial charge in [0.1, 0.15) is 5.75 Å². The monoisotopic (exact) mass is 404 g/mol. The molecule has 0 saturated carbocycles. The van der Waals surface area contributed by atoms with Gasteiger partial charge in [-0.1, -0.05) is 42.8 Å². The van der Waals surface area contributed by atoms with Crippen molar-refractivity contribution in [3.05, 3.63) is 52.5 Å². The maximum atomic E-state index is 12.5. The molecule has 0 unspecified atom stereocenters. The van der Waals surface area contributed by atoms with Crippen molar-refractivity contribution in [1.82, 2.24) is 0 Å². The Morgan fingerprint density at radius 3 is 2.24 bits per heavy atom. The summed E-state index contributed by atoms with van der Waals surface area (Å²) in [4.78, 5) is 24.6. The molecular weight excluding hydrogens is 384 g/mol. The Morgan fingerprint density at radius 2 is 1.64 bits per heavy atom. The first-order chi connectivity index (χ1) is 11.7. The molecule has 6 heteroatoms. The van der Waals surface area contributed by atoms with Gasteiger partial charge in [0, 0.05) is 21.3 Å². The minimum absolute atomic E-state index is 0.0929. The van der Waals surface area contributed by atoms with Crippen molar-refractivity contribution in [3.8, 4) is 5.75 Å². The van der Waals surface area contributed by atoms with Crippen LogP contribution in [-0.2, 0) is 4.79 Å². The normalized spacial score (nSPS) is 10.9. The Balaban J connectivity index is 2.18. The van der Waals surface area contributed by atoms with E-state index in [0.717, 1.165) is 4.47 Å². The van der Waals surface area contributed by atoms with Crippen LogP contribution in [0.1, 0.15) is 31.1 Å². The molecule has 0 aromatic heterocycles. The van der Waals surface area contributed by atoms with Gasteiger partial charge in [-0.05, 0) is 36.4 Å². The van der Waals surface area contributed by atoms with Crippen molar-refractivity contribution in [2.45, 2.75) is 20.8 Å². The molecule has 0 atom stereocenters. The third kappa shape index (κ3) is 5.06. The molecule has 5 nitrogen and oxygen atoms in total. The average molecular weight is 405 g/mol. The van der Waals surface area contributed by atoms with Crippen molar-refractivity contribution < 1.29 is 14.3 Å². The predicted octanol–water partition coefficient (Wildman–Crippen LogP) is 4.69. The lowest BCUT2D eigenvalue weighted by molar-refractivity contribution is -0.123. The highest BCUT2D eigenvalue weighted by Crippen LogP contribution is 2.25. The second-order valence-corrected chi connectivity index (χ2v) is 7.50. The highest BCUT2D eigenvalue weighted by molar-refractivity contribution is 9.10. The minimum Gasteiger partial charge on any atom is -0.496 e. The van der Waals surface area contributed by atoms with E-state index in [9.17, 15) is 9.59 Å². The second-order valence-electron chi connectivity index (χ2n) is 6.58. The summed E-state index contributed by atoms with van der Waals surface area (Å²) in [6, 6.07) is 12.2. The first kappa shape index (κ1) is 19.0. The molecule has 2 aromatic rings. The van der Waals surface area contributed by atoms with Gasteiger partial charge in [-0.15, -0.1) is 0 Å². The summed E-state index contributed by atoms with van der Waals surface area (Å²) in [6.45, 7) is 5.52. The smallest absolute Gasteiger partial charge is 0.259 e. The standard InChI is InChI=1S/C19H21BrN2O3/c1-19(2,3)18(24)22-14-7-5-6-13(11-14)21-17(23)15-10-12(20)8-9-16(15)25-4/h5-11H,1-4H3,(H,21,23)(H,22,24). The van der Waals surface area contributed by atoms with E-state index in [2.05, 4.69) is 26.6 Å². The van der Waals surface area contributed by atoms with E-state index in [1.54, 1.807) is 42.5 Å². The lowest BCUT2D eigenvalue weighted by atomic mass is 9.95. The Kier molecular flexibility index (Phi) is 5.85. The number of hydrogen-bond acceptors (Lipinski definition) is 3. The molecule has 2 amide bonds. The molecule has 0 aliphatic heterocycles. The average Bonchev–Trinajstić information content (AvgIpc) is 2.54. The zero-order valence-corrected chi connectivity index (χ0v) is 16.2. The van der Waals surface area contributed by atoms with Crippen LogP contribution < -0.4 is 15.4 Å². The zero-order valence-electron chi connectivity index (χ0n) is 14.6. The van der Waals surface area contributed by atoms with Gasteiger partial charge in [-0.2, -0.15) is 0 Å². The van der Waals surface area contributed by atoms with Crippen molar-refractivity contribution in [3.63, 3.8) is 0 Å². The molecule has 2 aromatic carbocycles. The van der Waals surface area contributed by atoms with Crippen LogP contribution in [0, 0.1) is 5.41 Å². The molecule has 0 heterocycles. The van der Waals surface area contributed by atoms with E-state index >= 15 is 0 Å². The number of benzene rings is 2. The number of rotatable bonds is 4. The van der Waals surface area contributed by atoms with Crippen molar-refractivity contribution in [2.24, 2.45) is 5.41 Å². The van der Waals surface area contributed by atoms with Gasteiger partial charge in [-0.3, -0.25) is 9.59 Å². The maximum absolute atomic E-state index is 12.5. The van der Waals surface area contributed by atoms with E-state index in [1.165, 1.54) is 7.11 Å². The van der Waals surface area contributed by atoms with Crippen LogP contribution in [0.15, 0.2) is 46.9 Å². The molecule has 0 spiro atoms. The Labute approximate surface area is 155 Å². The van der Waals surface area contributed by atoms with E-state index in [-0.39, 0.29) is 11.8 Å². The summed E-state index contributed by atoms with van der Waals surface area (Å²) >= 11 is 3.35. The number of hydrogen-bond donors (Lipinski definition) is 2. The molecule has 2 rings (SSSR count). The van der Waals surface area contributed by atoms with Crippen molar-refractivity contribution >= 4 is 39.1 Å². The Morgan fingerprint density at radius 1 is 1.00 bits per heavy atom. The Bertz CT molecular complexity index is 797. The largest absolute Gasteiger partial charge is 0.496 e. The topological polar surface area (TPSA) is 67.4 Å². The van der Waals surface area contributed by atoms with Crippen molar-refractivity contribution in [2.75, 3.05) is 17.7 Å². The van der Waals surface area contributed by atoms with E-state index < -0.39 is 5.41 Å². The third-order valence-corrected chi connectivity index (χ3v) is 3.96. The van der Waals surface area contributed by atoms with Gasteiger partial charge in [0.05, 0.1) is 12.7 Å². The molecule has 0 fully saturated rings. The van der Waals surface area contributed by atoms with Gasteiger partial charge in [0.15, 0.2) is 0 Å². The number of halogens is 1. The molecule has 0 aliphatic rings. The zero-order chi connectivity index (χ0) is 18.6. The molecule has 132 valence electrons. The summed E-state index contributed by atoms with van der Waals surface area (Å²) in [6.07, 6.45) is 0. The number of amides is 2. The number of methoxy groups -OCH3 is 1. The van der Waals surface area contributed by atoms with E-state index in [1.807, 2.05) is 20.8 Å². The fraction of sp³-hybridized carbons (Fsp3) is 0.263. The van der Waals surface area contributed by atoms with Crippen LogP contribution in [0.2, 0.25) is 0 Å². The molecule has 0 bridgehead atoms. The SMILES string of the molecule is COc1ccc(Br)cc1C(=O)Nc1cccc(NC(=O)C(C)(C)C)c1. The lowest BCUT2D eigenvalue weighted by Gasteiger charge is -2.18. The number of nitrogens with one attached hydrogen (secondary N) is 2. The van der Waals surface area contributed by atoms with Crippen LogP contribution in [0.25, 0.3) is 0 Å². The predicted molar refractivity (Wildman–Crippen MR) is 103 cm³/mol. The van der Waals surface area contributed by atoms with Crippen LogP contribution in [0.4, 0.5) is 11.4 Å². The number of carbonyl (C=O) groups excluding carboxylic acids is 2. The van der Waals surface area contributed by atoms with Crippen molar-refractivity contribution in [1.29, 1.82) is 0 Å². The highest BCUT2D eigenvalue weighted by atomic mass is 79.9. The van der Waals surface area contributed by atoms with Crippen LogP contribution >= 0.6 is 15.9 Å². The number of anilines is 2. The van der Waals surface area contributed by atoms with Gasteiger partial charge in [-0.25, -0.2) is 0 Å². The molecular formula is C19H21BrN2O3. The number of carbonyl (C=O) groups is 2. The summed E-state index contributed by atoms with van der Waals surface area (Å²) in [5, 5.41) is 5.67. The van der Waals surface area contributed by atoms with E-state index in [0.29, 0.717) is 22.7 Å². The minimum atomic E-state index is -0.497. The number of ether oxygens (including phenoxy) is 1. The third-order valence-electron chi connectivity index (χ3n) is 3.47. The van der Waals surface area contributed by atoms with Gasteiger partial charge >= 0.3 is 0 Å². The first-order valence-corrected chi connectivity index (χ1v) is 8.56. The molecule has 25 heavy (non-hydrogen) atoms. The molecule has 0 saturated heterocycles. The fourth-order valence-electron chi connectivity index (χ4n) is 2.05. The lowest BCUT2D eigenvalue weighted by Crippen LogP contribution is -2.27. The summed E-state index contributed by atoms with van der Waals surface area (Å²) < 4.78 is 6.02. The molecule has 0 radical (unpaired) electrons. The van der Waals surface area contributed by atoms with Gasteiger partial charge in [0.2, 0.25) is 5.91 Å². The fourth-order valence-corrected chi connectivity index (χ4v) is 2.41. The first-order valence-electron chi connectivity index (χ1n) is 7.77. The van der Waals surface area contributed by atoms with Crippen LogP contribution in [0.3, 0.4) is 0 Å². The highest BCUT2D eigenvalue weighted by Gasteiger charge is 2.21. The van der Waals surface area contributed by atoms with Gasteiger partial charge in [0.25, 0.3) is 5.91 Å².